The molecule has 1 aromatic heterocycles. The van der Waals surface area contributed by atoms with Gasteiger partial charge < -0.3 is 9.73 Å². The van der Waals surface area contributed by atoms with Crippen LogP contribution in [0.15, 0.2) is 21.2 Å². The number of halogens is 1. The van der Waals surface area contributed by atoms with Gasteiger partial charge in [-0.15, -0.1) is 0 Å². The van der Waals surface area contributed by atoms with Gasteiger partial charge in [0.25, 0.3) is 0 Å². The van der Waals surface area contributed by atoms with Crippen molar-refractivity contribution >= 4 is 15.9 Å². The van der Waals surface area contributed by atoms with Gasteiger partial charge in [-0.25, -0.2) is 0 Å². The Morgan fingerprint density at radius 3 is 3.06 bits per heavy atom. The summed E-state index contributed by atoms with van der Waals surface area (Å²) in [6, 6.07) is 4.40. The highest BCUT2D eigenvalue weighted by atomic mass is 79.9. The van der Waals surface area contributed by atoms with Gasteiger partial charge in [-0.1, -0.05) is 0 Å². The van der Waals surface area contributed by atoms with Gasteiger partial charge >= 0.3 is 0 Å². The Balaban J connectivity index is 1.94. The minimum atomic E-state index is 0.383. The summed E-state index contributed by atoms with van der Waals surface area (Å²) < 4.78 is 6.43. The molecule has 1 fully saturated rings. The van der Waals surface area contributed by atoms with Crippen molar-refractivity contribution in [1.29, 1.82) is 0 Å². The number of furan rings is 1. The maximum atomic E-state index is 5.61. The Hall–Kier alpha value is -0.320. The van der Waals surface area contributed by atoms with Crippen molar-refractivity contribution < 1.29 is 4.42 Å². The molecule has 90 valence electrons. The fraction of sp³-hybridized carbons (Fsp3) is 0.667. The molecule has 0 radical (unpaired) electrons. The summed E-state index contributed by atoms with van der Waals surface area (Å²) in [7, 11) is 2.02. The van der Waals surface area contributed by atoms with Crippen molar-refractivity contribution in [2.45, 2.75) is 19.4 Å². The van der Waals surface area contributed by atoms with Gasteiger partial charge in [0.15, 0.2) is 4.67 Å². The van der Waals surface area contributed by atoms with Gasteiger partial charge in [-0.2, -0.15) is 0 Å². The van der Waals surface area contributed by atoms with Crippen molar-refractivity contribution in [2.24, 2.45) is 5.92 Å². The third kappa shape index (κ3) is 2.67. The molecule has 16 heavy (non-hydrogen) atoms. The Morgan fingerprint density at radius 1 is 1.62 bits per heavy atom. The van der Waals surface area contributed by atoms with E-state index in [0.29, 0.717) is 6.04 Å². The van der Waals surface area contributed by atoms with Crippen LogP contribution in [0.3, 0.4) is 0 Å². The Labute approximate surface area is 105 Å². The van der Waals surface area contributed by atoms with Crippen molar-refractivity contribution in [2.75, 3.05) is 26.7 Å². The monoisotopic (exact) mass is 286 g/mol. The molecular formula is C12H19BrN2O. The molecule has 0 amide bonds. The molecule has 1 aliphatic heterocycles. The van der Waals surface area contributed by atoms with Crippen LogP contribution in [0.5, 0.6) is 0 Å². The summed E-state index contributed by atoms with van der Waals surface area (Å²) in [5.41, 5.74) is 0. The van der Waals surface area contributed by atoms with E-state index in [1.165, 1.54) is 19.5 Å². The van der Waals surface area contributed by atoms with E-state index in [1.807, 2.05) is 13.1 Å². The summed E-state index contributed by atoms with van der Waals surface area (Å²) in [6.07, 6.45) is 1.28. The van der Waals surface area contributed by atoms with Crippen LogP contribution < -0.4 is 5.32 Å². The van der Waals surface area contributed by atoms with Gasteiger partial charge in [0.1, 0.15) is 5.76 Å². The average molecular weight is 287 g/mol. The highest BCUT2D eigenvalue weighted by Gasteiger charge is 2.27. The SMILES string of the molecule is CNCC1CCN(C(C)c2ccc(Br)o2)C1. The van der Waals surface area contributed by atoms with E-state index in [2.05, 4.69) is 39.1 Å². The van der Waals surface area contributed by atoms with Crippen molar-refractivity contribution in [1.82, 2.24) is 10.2 Å². The highest BCUT2D eigenvalue weighted by Crippen LogP contribution is 2.29. The molecule has 2 rings (SSSR count). The molecule has 1 aromatic rings. The van der Waals surface area contributed by atoms with Crippen LogP contribution in [0.25, 0.3) is 0 Å². The number of rotatable bonds is 4. The van der Waals surface area contributed by atoms with Gasteiger partial charge in [0.05, 0.1) is 6.04 Å². The minimum absolute atomic E-state index is 0.383. The van der Waals surface area contributed by atoms with Crippen LogP contribution >= 0.6 is 15.9 Å². The quantitative estimate of drug-likeness (QED) is 0.923. The maximum Gasteiger partial charge on any atom is 0.169 e. The topological polar surface area (TPSA) is 28.4 Å². The number of hydrogen-bond acceptors (Lipinski definition) is 3. The lowest BCUT2D eigenvalue weighted by Gasteiger charge is -2.22. The third-order valence-corrected chi connectivity index (χ3v) is 3.79. The molecule has 2 heterocycles. The summed E-state index contributed by atoms with van der Waals surface area (Å²) in [5.74, 6) is 1.84. The van der Waals surface area contributed by atoms with E-state index < -0.39 is 0 Å². The van der Waals surface area contributed by atoms with Crippen LogP contribution in [0.2, 0.25) is 0 Å². The van der Waals surface area contributed by atoms with E-state index in [9.17, 15) is 0 Å². The lowest BCUT2D eigenvalue weighted by atomic mass is 10.1. The minimum Gasteiger partial charge on any atom is -0.453 e. The van der Waals surface area contributed by atoms with E-state index in [0.717, 1.165) is 22.9 Å². The Kier molecular flexibility index (Phi) is 4.05. The first kappa shape index (κ1) is 12.1. The smallest absolute Gasteiger partial charge is 0.169 e. The zero-order chi connectivity index (χ0) is 11.5. The summed E-state index contributed by atoms with van der Waals surface area (Å²) in [4.78, 5) is 2.49. The first-order chi connectivity index (χ1) is 7.70. The Bertz CT molecular complexity index is 340. The number of nitrogens with one attached hydrogen (secondary N) is 1. The molecule has 1 aliphatic rings. The van der Waals surface area contributed by atoms with Crippen molar-refractivity contribution in [3.05, 3.63) is 22.6 Å². The lowest BCUT2D eigenvalue weighted by Crippen LogP contribution is -2.26. The maximum absolute atomic E-state index is 5.61. The van der Waals surface area contributed by atoms with Crippen LogP contribution in [0.1, 0.15) is 25.1 Å². The van der Waals surface area contributed by atoms with Crippen LogP contribution in [0, 0.1) is 5.92 Å². The van der Waals surface area contributed by atoms with Gasteiger partial charge in [-0.3, -0.25) is 4.90 Å². The molecular weight excluding hydrogens is 268 g/mol. The summed E-state index contributed by atoms with van der Waals surface area (Å²) in [5, 5.41) is 3.26. The van der Waals surface area contributed by atoms with E-state index in [-0.39, 0.29) is 0 Å². The van der Waals surface area contributed by atoms with Crippen LogP contribution in [-0.4, -0.2) is 31.6 Å². The van der Waals surface area contributed by atoms with Gasteiger partial charge in [0, 0.05) is 6.54 Å². The van der Waals surface area contributed by atoms with Crippen LogP contribution in [0.4, 0.5) is 0 Å². The molecule has 0 spiro atoms. The van der Waals surface area contributed by atoms with Crippen LogP contribution in [-0.2, 0) is 0 Å². The predicted octanol–water partition coefficient (Wildman–Crippen LogP) is 2.64. The first-order valence-corrected chi connectivity index (χ1v) is 6.64. The molecule has 0 aromatic carbocycles. The zero-order valence-electron chi connectivity index (χ0n) is 9.87. The molecule has 0 saturated carbocycles. The average Bonchev–Trinajstić information content (AvgIpc) is 2.87. The van der Waals surface area contributed by atoms with Crippen molar-refractivity contribution in [3.63, 3.8) is 0 Å². The zero-order valence-corrected chi connectivity index (χ0v) is 11.5. The van der Waals surface area contributed by atoms with Gasteiger partial charge in [-0.05, 0) is 67.5 Å². The highest BCUT2D eigenvalue weighted by molar-refractivity contribution is 9.10. The van der Waals surface area contributed by atoms with Crippen molar-refractivity contribution in [3.8, 4) is 0 Å². The third-order valence-electron chi connectivity index (χ3n) is 3.36. The molecule has 0 bridgehead atoms. The van der Waals surface area contributed by atoms with E-state index in [1.54, 1.807) is 0 Å². The standard InChI is InChI=1S/C12H19BrN2O/c1-9(11-3-4-12(13)16-11)15-6-5-10(8-15)7-14-2/h3-4,9-10,14H,5-8H2,1-2H3. The predicted molar refractivity (Wildman–Crippen MR) is 68.4 cm³/mol. The molecule has 1 saturated heterocycles. The first-order valence-electron chi connectivity index (χ1n) is 5.84. The molecule has 2 atom stereocenters. The molecule has 0 aliphatic carbocycles. The number of likely N-dealkylation sites (tertiary alicyclic amines) is 1. The lowest BCUT2D eigenvalue weighted by molar-refractivity contribution is 0.221. The summed E-state index contributed by atoms with van der Waals surface area (Å²) >= 11 is 3.35. The molecule has 1 N–H and O–H groups in total. The van der Waals surface area contributed by atoms with E-state index >= 15 is 0 Å². The second-order valence-corrected chi connectivity index (χ2v) is 5.31. The molecule has 4 heteroatoms. The summed E-state index contributed by atoms with van der Waals surface area (Å²) in [6.45, 7) is 5.67. The second-order valence-electron chi connectivity index (χ2n) is 4.53. The second kappa shape index (κ2) is 5.34. The molecule has 3 nitrogen and oxygen atoms in total. The molecule has 2 unspecified atom stereocenters. The number of hydrogen-bond donors (Lipinski definition) is 1. The normalized spacial score (nSPS) is 23.8. The fourth-order valence-corrected chi connectivity index (χ4v) is 2.72. The number of nitrogens with zero attached hydrogens (tertiary/aromatic N) is 1. The van der Waals surface area contributed by atoms with E-state index in [4.69, 9.17) is 4.42 Å². The Morgan fingerprint density at radius 2 is 2.44 bits per heavy atom. The largest absolute Gasteiger partial charge is 0.453 e. The fourth-order valence-electron chi connectivity index (χ4n) is 2.40. The van der Waals surface area contributed by atoms with Gasteiger partial charge in [0.2, 0.25) is 0 Å².